The zero-order valence-corrected chi connectivity index (χ0v) is 13.0. The van der Waals surface area contributed by atoms with Crippen molar-refractivity contribution < 1.29 is 27.9 Å². The van der Waals surface area contributed by atoms with Gasteiger partial charge in [0.2, 0.25) is 10.0 Å². The third-order valence-electron chi connectivity index (χ3n) is 3.61. The maximum atomic E-state index is 12.3. The Bertz CT molecular complexity index is 996. The summed E-state index contributed by atoms with van der Waals surface area (Å²) in [5.74, 6) is -2.34. The molecule has 0 aromatic heterocycles. The van der Waals surface area contributed by atoms with E-state index < -0.39 is 27.8 Å². The number of imide groups is 1. The van der Waals surface area contributed by atoms with Crippen LogP contribution in [0.2, 0.25) is 0 Å². The molecule has 24 heavy (non-hydrogen) atoms. The fourth-order valence-electron chi connectivity index (χ4n) is 2.54. The second-order valence-electron chi connectivity index (χ2n) is 5.20. The smallest absolute Gasteiger partial charge is 0.304 e. The van der Waals surface area contributed by atoms with Gasteiger partial charge in [-0.15, -0.1) is 0 Å². The summed E-state index contributed by atoms with van der Waals surface area (Å²) >= 11 is 0. The minimum absolute atomic E-state index is 0.0845. The molecule has 0 saturated heterocycles. The summed E-state index contributed by atoms with van der Waals surface area (Å²) in [6.45, 7) is -0.268. The summed E-state index contributed by atoms with van der Waals surface area (Å²) in [5, 5.41) is 11.6. The highest BCUT2D eigenvalue weighted by Crippen LogP contribution is 2.29. The van der Waals surface area contributed by atoms with Crippen molar-refractivity contribution >= 4 is 38.6 Å². The first-order chi connectivity index (χ1) is 11.3. The van der Waals surface area contributed by atoms with Crippen LogP contribution in [0.4, 0.5) is 0 Å². The zero-order valence-electron chi connectivity index (χ0n) is 12.2. The zero-order chi connectivity index (χ0) is 17.5. The minimum atomic E-state index is -3.98. The molecular formula is C15H12N2O6S. The molecule has 0 unspecified atom stereocenters. The van der Waals surface area contributed by atoms with E-state index in [1.807, 2.05) is 0 Å². The molecule has 8 nitrogen and oxygen atoms in total. The number of carbonyl (C=O) groups is 3. The van der Waals surface area contributed by atoms with Crippen molar-refractivity contribution in [3.05, 3.63) is 41.5 Å². The highest BCUT2D eigenvalue weighted by Gasteiger charge is 2.27. The molecule has 0 fully saturated rings. The maximum absolute atomic E-state index is 12.3. The molecule has 2 aromatic carbocycles. The van der Waals surface area contributed by atoms with Crippen LogP contribution in [0.1, 0.15) is 27.1 Å². The molecule has 0 bridgehead atoms. The highest BCUT2D eigenvalue weighted by molar-refractivity contribution is 7.89. The largest absolute Gasteiger partial charge is 0.481 e. The third-order valence-corrected chi connectivity index (χ3v) is 5.05. The Hall–Kier alpha value is -2.78. The number of carboxylic acid groups (broad SMARTS) is 1. The van der Waals surface area contributed by atoms with E-state index in [9.17, 15) is 22.8 Å². The van der Waals surface area contributed by atoms with Gasteiger partial charge in [-0.25, -0.2) is 13.1 Å². The van der Waals surface area contributed by atoms with Crippen LogP contribution in [-0.2, 0) is 14.8 Å². The Kier molecular flexibility index (Phi) is 3.82. The van der Waals surface area contributed by atoms with Crippen molar-refractivity contribution in [2.24, 2.45) is 0 Å². The van der Waals surface area contributed by atoms with Crippen LogP contribution in [0.5, 0.6) is 0 Å². The second-order valence-corrected chi connectivity index (χ2v) is 6.97. The van der Waals surface area contributed by atoms with Crippen LogP contribution in [0.15, 0.2) is 35.2 Å². The molecule has 0 atom stereocenters. The Morgan fingerprint density at radius 3 is 2.54 bits per heavy atom. The highest BCUT2D eigenvalue weighted by atomic mass is 32.2. The number of rotatable bonds is 5. The van der Waals surface area contributed by atoms with Gasteiger partial charge in [-0.3, -0.25) is 19.7 Å². The fraction of sp³-hybridized carbons (Fsp3) is 0.133. The summed E-state index contributed by atoms with van der Waals surface area (Å²) < 4.78 is 26.8. The van der Waals surface area contributed by atoms with Crippen molar-refractivity contribution in [3.63, 3.8) is 0 Å². The first-order valence-electron chi connectivity index (χ1n) is 6.93. The van der Waals surface area contributed by atoms with Crippen molar-refractivity contribution in [1.82, 2.24) is 10.0 Å². The Morgan fingerprint density at radius 1 is 1.12 bits per heavy atom. The van der Waals surface area contributed by atoms with Crippen molar-refractivity contribution in [2.75, 3.05) is 6.54 Å². The van der Waals surface area contributed by atoms with Gasteiger partial charge in [-0.2, -0.15) is 0 Å². The summed E-state index contributed by atoms with van der Waals surface area (Å²) in [6.07, 6.45) is -0.362. The van der Waals surface area contributed by atoms with Crippen molar-refractivity contribution in [1.29, 1.82) is 0 Å². The van der Waals surface area contributed by atoms with Crippen molar-refractivity contribution in [3.8, 4) is 0 Å². The molecule has 1 aliphatic heterocycles. The molecule has 0 radical (unpaired) electrons. The molecule has 3 N–H and O–H groups in total. The molecule has 0 saturated carbocycles. The summed E-state index contributed by atoms with van der Waals surface area (Å²) in [7, 11) is -3.98. The van der Waals surface area contributed by atoms with E-state index in [1.165, 1.54) is 12.1 Å². The van der Waals surface area contributed by atoms with E-state index in [2.05, 4.69) is 10.0 Å². The predicted octanol–water partition coefficient (Wildman–Crippen LogP) is 0.476. The van der Waals surface area contributed by atoms with Crippen LogP contribution in [0.3, 0.4) is 0 Å². The second kappa shape index (κ2) is 5.69. The number of hydrogen-bond acceptors (Lipinski definition) is 5. The van der Waals surface area contributed by atoms with Crippen LogP contribution in [0.25, 0.3) is 10.8 Å². The van der Waals surface area contributed by atoms with E-state index in [0.717, 1.165) is 0 Å². The van der Waals surface area contributed by atoms with E-state index >= 15 is 0 Å². The number of benzene rings is 2. The van der Waals surface area contributed by atoms with Crippen molar-refractivity contribution in [2.45, 2.75) is 11.3 Å². The molecule has 1 aliphatic rings. The lowest BCUT2D eigenvalue weighted by Gasteiger charge is -2.18. The Labute approximate surface area is 136 Å². The van der Waals surface area contributed by atoms with Gasteiger partial charge in [0.25, 0.3) is 11.8 Å². The molecule has 3 rings (SSSR count). The summed E-state index contributed by atoms with van der Waals surface area (Å²) in [6, 6.07) is 7.26. The first kappa shape index (κ1) is 16.1. The molecule has 124 valence electrons. The number of sulfonamides is 1. The number of amides is 2. The van der Waals surface area contributed by atoms with E-state index in [1.54, 1.807) is 18.2 Å². The molecular weight excluding hydrogens is 336 g/mol. The lowest BCUT2D eigenvalue weighted by molar-refractivity contribution is -0.136. The summed E-state index contributed by atoms with van der Waals surface area (Å²) in [4.78, 5) is 34.2. The maximum Gasteiger partial charge on any atom is 0.304 e. The van der Waals surface area contributed by atoms with Gasteiger partial charge in [-0.1, -0.05) is 12.1 Å². The van der Waals surface area contributed by atoms with Crippen LogP contribution in [0, 0.1) is 0 Å². The molecule has 2 amide bonds. The average Bonchev–Trinajstić information content (AvgIpc) is 2.51. The van der Waals surface area contributed by atoms with Gasteiger partial charge in [-0.05, 0) is 23.6 Å². The van der Waals surface area contributed by atoms with Gasteiger partial charge < -0.3 is 5.11 Å². The first-order valence-corrected chi connectivity index (χ1v) is 8.42. The Balaban J connectivity index is 2.11. The molecule has 1 heterocycles. The quantitative estimate of drug-likeness (QED) is 0.674. The van der Waals surface area contributed by atoms with Crippen LogP contribution >= 0.6 is 0 Å². The van der Waals surface area contributed by atoms with Gasteiger partial charge in [0.05, 0.1) is 11.3 Å². The average molecular weight is 348 g/mol. The van der Waals surface area contributed by atoms with Gasteiger partial charge in [0.1, 0.15) is 0 Å². The summed E-state index contributed by atoms with van der Waals surface area (Å²) in [5.41, 5.74) is 0.381. The van der Waals surface area contributed by atoms with Gasteiger partial charge in [0.15, 0.2) is 0 Å². The van der Waals surface area contributed by atoms with Crippen LogP contribution in [-0.4, -0.2) is 37.9 Å². The SMILES string of the molecule is O=C(O)CCNS(=O)(=O)c1cc2c3c(cccc3c1)C(=O)NC2=O. The normalized spacial score (nSPS) is 13.8. The topological polar surface area (TPSA) is 130 Å². The van der Waals surface area contributed by atoms with E-state index in [4.69, 9.17) is 5.11 Å². The number of hydrogen-bond donors (Lipinski definition) is 3. The number of nitrogens with one attached hydrogen (secondary N) is 2. The number of aliphatic carboxylic acids is 1. The molecule has 9 heteroatoms. The van der Waals surface area contributed by atoms with Crippen LogP contribution < -0.4 is 10.0 Å². The van der Waals surface area contributed by atoms with E-state index in [0.29, 0.717) is 16.3 Å². The van der Waals surface area contributed by atoms with Gasteiger partial charge in [0, 0.05) is 23.1 Å². The molecule has 0 spiro atoms. The third kappa shape index (κ3) is 2.74. The van der Waals surface area contributed by atoms with E-state index in [-0.39, 0.29) is 23.4 Å². The molecule has 2 aromatic rings. The monoisotopic (exact) mass is 348 g/mol. The standard InChI is InChI=1S/C15H12N2O6S/c18-12(19)4-5-16-24(22,23)9-6-8-2-1-3-10-13(8)11(7-9)15(21)17-14(10)20/h1-3,6-7,16H,4-5H2,(H,18,19)(H,17,20,21). The molecule has 0 aliphatic carbocycles. The van der Waals surface area contributed by atoms with Gasteiger partial charge >= 0.3 is 5.97 Å². The lowest BCUT2D eigenvalue weighted by Crippen LogP contribution is -2.35. The number of carboxylic acids is 1. The lowest BCUT2D eigenvalue weighted by atomic mass is 9.95. The predicted molar refractivity (Wildman–Crippen MR) is 83.2 cm³/mol. The number of carbonyl (C=O) groups excluding carboxylic acids is 2. The fourth-order valence-corrected chi connectivity index (χ4v) is 3.63. The minimum Gasteiger partial charge on any atom is -0.481 e. The Morgan fingerprint density at radius 2 is 1.83 bits per heavy atom.